The molecular formula is C22H25N6O5S2+. The number of aromatic nitrogens is 1. The number of aliphatic carboxylic acids is 1. The summed E-state index contributed by atoms with van der Waals surface area (Å²) in [5, 5.41) is 26.0. The summed E-state index contributed by atoms with van der Waals surface area (Å²) in [6, 6.07) is -0.944. The Bertz CT molecular complexity index is 1250. The van der Waals surface area contributed by atoms with Crippen LogP contribution in [0.2, 0.25) is 0 Å². The molecule has 5 rings (SSSR count). The molecule has 1 aromatic heterocycles. The number of hydrogen-bond acceptors (Lipinski definition) is 9. The van der Waals surface area contributed by atoms with Crippen molar-refractivity contribution in [2.75, 3.05) is 25.1 Å². The molecule has 1 unspecified atom stereocenters. The number of thioether (sulfide) groups is 1. The molecule has 0 aromatic carbocycles. The van der Waals surface area contributed by atoms with Crippen LogP contribution in [0.5, 0.6) is 0 Å². The maximum atomic E-state index is 13.0. The number of likely N-dealkylation sites (N-methyl/N-ethyl adjacent to an activating group) is 1. The molecule has 0 saturated carbocycles. The lowest BCUT2D eigenvalue weighted by Crippen LogP contribution is -2.71. The number of amides is 2. The standard InChI is InChI=1S/C22H24N6O5S2/c1-28(7-6-11-4-2-3-5-14(11)28)8-12-9-34-20-16(19(30)27(20)17(12)21(31)32)25-18(29)15(26-33)13-10-35-22(23)24-13/h6-7,10,16,20H,2-5,8-9H2,1H3,(H4-,23,24,25,29,31,32,33)/p+1/t16-,20-,28?/m1/s1. The number of nitrogens with zero attached hydrogens (tertiary/aromatic N) is 4. The zero-order chi connectivity index (χ0) is 24.9. The van der Waals surface area contributed by atoms with E-state index in [1.807, 2.05) is 0 Å². The van der Waals surface area contributed by atoms with Gasteiger partial charge in [0.2, 0.25) is 0 Å². The smallest absolute Gasteiger partial charge is 0.352 e. The summed E-state index contributed by atoms with van der Waals surface area (Å²) in [6.45, 7) is 0.476. The molecule has 4 heterocycles. The van der Waals surface area contributed by atoms with E-state index in [1.165, 1.54) is 33.3 Å². The van der Waals surface area contributed by atoms with E-state index in [1.54, 1.807) is 0 Å². The predicted octanol–water partition coefficient (Wildman–Crippen LogP) is 1.44. The average Bonchev–Trinajstić information content (AvgIpc) is 3.41. The van der Waals surface area contributed by atoms with Gasteiger partial charge in [-0.1, -0.05) is 5.16 Å². The quantitative estimate of drug-likeness (QED) is 0.145. The predicted molar refractivity (Wildman–Crippen MR) is 130 cm³/mol. The molecule has 4 aliphatic rings. The minimum Gasteiger partial charge on any atom is -0.477 e. The number of anilines is 1. The molecule has 3 atom stereocenters. The van der Waals surface area contributed by atoms with Gasteiger partial charge in [0.1, 0.15) is 41.2 Å². The Balaban J connectivity index is 1.35. The van der Waals surface area contributed by atoms with E-state index in [9.17, 15) is 24.7 Å². The number of quaternary nitrogens is 1. The van der Waals surface area contributed by atoms with E-state index in [-0.39, 0.29) is 22.2 Å². The molecule has 0 spiro atoms. The highest BCUT2D eigenvalue weighted by Gasteiger charge is 2.55. The largest absolute Gasteiger partial charge is 0.477 e. The van der Waals surface area contributed by atoms with Crippen molar-refractivity contribution in [2.24, 2.45) is 5.16 Å². The summed E-state index contributed by atoms with van der Waals surface area (Å²) in [5.41, 5.74) is 8.65. The van der Waals surface area contributed by atoms with Crippen LogP contribution < -0.4 is 11.1 Å². The lowest BCUT2D eigenvalue weighted by atomic mass is 9.96. The SMILES string of the molecule is C[N+]1(CC2=C(C(=O)O)N3C(=O)[C@@H](NC(=O)/C(=N\O)c4csc(N)n4)[C@H]3SC2)C=CC2=C1CCCC2. The summed E-state index contributed by atoms with van der Waals surface area (Å²) in [5.74, 6) is -2.04. The molecule has 11 nitrogen and oxygen atoms in total. The summed E-state index contributed by atoms with van der Waals surface area (Å²) < 4.78 is 0.530. The van der Waals surface area contributed by atoms with Gasteiger partial charge >= 0.3 is 5.97 Å². The molecule has 0 radical (unpaired) electrons. The Morgan fingerprint density at radius 1 is 1.37 bits per heavy atom. The molecule has 2 amide bonds. The Kier molecular flexibility index (Phi) is 5.93. The number of carboxylic acid groups (broad SMARTS) is 1. The van der Waals surface area contributed by atoms with Crippen molar-refractivity contribution in [1.82, 2.24) is 15.2 Å². The highest BCUT2D eigenvalue weighted by atomic mass is 32.2. The monoisotopic (exact) mass is 517 g/mol. The van der Waals surface area contributed by atoms with E-state index >= 15 is 0 Å². The summed E-state index contributed by atoms with van der Waals surface area (Å²) in [4.78, 5) is 43.2. The van der Waals surface area contributed by atoms with Gasteiger partial charge < -0.3 is 21.4 Å². The molecule has 184 valence electrons. The number of nitrogen functional groups attached to an aromatic ring is 1. The van der Waals surface area contributed by atoms with Crippen molar-refractivity contribution in [2.45, 2.75) is 37.1 Å². The number of allylic oxidation sites excluding steroid dienone is 3. The number of carbonyl (C=O) groups excluding carboxylic acids is 2. The molecule has 35 heavy (non-hydrogen) atoms. The van der Waals surface area contributed by atoms with Crippen LogP contribution in [0.3, 0.4) is 0 Å². The highest BCUT2D eigenvalue weighted by Crippen LogP contribution is 2.43. The van der Waals surface area contributed by atoms with Crippen LogP contribution in [0.15, 0.2) is 45.4 Å². The van der Waals surface area contributed by atoms with E-state index in [2.05, 4.69) is 34.8 Å². The highest BCUT2D eigenvalue weighted by molar-refractivity contribution is 8.00. The summed E-state index contributed by atoms with van der Waals surface area (Å²) in [7, 11) is 2.08. The lowest BCUT2D eigenvalue weighted by Gasteiger charge is -2.49. The number of thiazole rings is 1. The first-order valence-corrected chi connectivity index (χ1v) is 13.1. The number of carboxylic acids is 1. The normalized spacial score (nSPS) is 28.1. The minimum absolute atomic E-state index is 0.00909. The number of fused-ring (bicyclic) bond motifs is 1. The topological polar surface area (TPSA) is 158 Å². The first-order valence-electron chi connectivity index (χ1n) is 11.1. The number of oxime groups is 1. The van der Waals surface area contributed by atoms with Gasteiger partial charge in [0.25, 0.3) is 11.8 Å². The van der Waals surface area contributed by atoms with E-state index in [0.717, 1.165) is 37.0 Å². The van der Waals surface area contributed by atoms with E-state index in [4.69, 9.17) is 5.73 Å². The summed E-state index contributed by atoms with van der Waals surface area (Å²) >= 11 is 2.49. The minimum atomic E-state index is -1.16. The van der Waals surface area contributed by atoms with Gasteiger partial charge in [0.15, 0.2) is 10.8 Å². The maximum Gasteiger partial charge on any atom is 0.352 e. The Morgan fingerprint density at radius 3 is 2.83 bits per heavy atom. The van der Waals surface area contributed by atoms with Crippen molar-refractivity contribution in [3.8, 4) is 0 Å². The maximum absolute atomic E-state index is 13.0. The number of carbonyl (C=O) groups is 3. The van der Waals surface area contributed by atoms with Crippen LogP contribution in [0, 0.1) is 0 Å². The zero-order valence-corrected chi connectivity index (χ0v) is 20.6. The fraction of sp³-hybridized carbons (Fsp3) is 0.409. The van der Waals surface area contributed by atoms with Crippen molar-refractivity contribution >= 4 is 51.7 Å². The number of nitrogens with two attached hydrogens (primary N) is 1. The van der Waals surface area contributed by atoms with E-state index < -0.39 is 29.2 Å². The third-order valence-electron chi connectivity index (χ3n) is 6.84. The average molecular weight is 518 g/mol. The number of rotatable bonds is 6. The zero-order valence-electron chi connectivity index (χ0n) is 18.9. The first-order chi connectivity index (χ1) is 16.7. The van der Waals surface area contributed by atoms with Crippen molar-refractivity contribution in [3.05, 3.63) is 45.9 Å². The Labute approximate surface area is 209 Å². The molecule has 1 aromatic rings. The Hall–Kier alpha value is -3.16. The van der Waals surface area contributed by atoms with Crippen molar-refractivity contribution < 1.29 is 29.2 Å². The third kappa shape index (κ3) is 3.93. The molecule has 1 aliphatic carbocycles. The summed E-state index contributed by atoms with van der Waals surface area (Å²) in [6.07, 6.45) is 8.57. The van der Waals surface area contributed by atoms with Crippen LogP contribution in [0.25, 0.3) is 0 Å². The second-order valence-electron chi connectivity index (χ2n) is 9.06. The molecule has 0 bridgehead atoms. The van der Waals surface area contributed by atoms with Crippen LogP contribution in [0.4, 0.5) is 5.13 Å². The second-order valence-corrected chi connectivity index (χ2v) is 11.1. The number of β-lactam (4-membered cyclic amide) rings is 1. The number of hydrogen-bond donors (Lipinski definition) is 4. The van der Waals surface area contributed by atoms with Crippen LogP contribution in [-0.2, 0) is 14.4 Å². The van der Waals surface area contributed by atoms with Gasteiger partial charge in [-0.05, 0) is 19.3 Å². The Morgan fingerprint density at radius 2 is 2.14 bits per heavy atom. The first kappa shape index (κ1) is 23.6. The van der Waals surface area contributed by atoms with Crippen LogP contribution in [0.1, 0.15) is 31.4 Å². The van der Waals surface area contributed by atoms with Gasteiger partial charge in [-0.25, -0.2) is 9.78 Å². The van der Waals surface area contributed by atoms with E-state index in [0.29, 0.717) is 22.4 Å². The van der Waals surface area contributed by atoms with Gasteiger partial charge in [-0.15, -0.1) is 23.1 Å². The molecular weight excluding hydrogens is 492 g/mol. The fourth-order valence-corrected chi connectivity index (χ4v) is 7.07. The van der Waals surface area contributed by atoms with Gasteiger partial charge in [-0.3, -0.25) is 19.0 Å². The molecule has 13 heteroatoms. The van der Waals surface area contributed by atoms with Gasteiger partial charge in [-0.2, -0.15) is 0 Å². The van der Waals surface area contributed by atoms with Crippen LogP contribution in [-0.4, -0.2) is 78.9 Å². The molecule has 5 N–H and O–H groups in total. The number of nitrogens with one attached hydrogen (secondary N) is 1. The third-order valence-corrected chi connectivity index (χ3v) is 8.85. The second kappa shape index (κ2) is 8.81. The van der Waals surface area contributed by atoms with Crippen LogP contribution >= 0.6 is 23.1 Å². The molecule has 3 aliphatic heterocycles. The molecule has 1 fully saturated rings. The lowest BCUT2D eigenvalue weighted by molar-refractivity contribution is -0.814. The van der Waals surface area contributed by atoms with Gasteiger partial charge in [0, 0.05) is 34.8 Å². The molecule has 1 saturated heterocycles. The van der Waals surface area contributed by atoms with Gasteiger partial charge in [0.05, 0.1) is 7.05 Å². The van der Waals surface area contributed by atoms with Crippen molar-refractivity contribution in [3.63, 3.8) is 0 Å². The fourth-order valence-electron chi connectivity index (χ4n) is 5.19. The van der Waals surface area contributed by atoms with Crippen molar-refractivity contribution in [1.29, 1.82) is 0 Å².